The molecule has 4 aromatic rings. The Morgan fingerprint density at radius 3 is 2.63 bits per heavy atom. The fraction of sp³-hybridized carbons (Fsp3) is 0.286. The standard InChI is InChI=1S/C21H22N8O/c1-10-15(9-22)20(27-21(23)25-10)24-12(3)19-14(18-11(2)28-30-13(18)4)8-17-16(26-19)6-7-29(17)5/h6-8,12H,1-5H3,(H3,23,24,25,27). The van der Waals surface area contributed by atoms with Gasteiger partial charge in [-0.2, -0.15) is 10.2 Å². The van der Waals surface area contributed by atoms with Crippen molar-refractivity contribution in [2.24, 2.45) is 7.05 Å². The van der Waals surface area contributed by atoms with Crippen molar-refractivity contribution in [1.82, 2.24) is 24.7 Å². The Morgan fingerprint density at radius 1 is 1.20 bits per heavy atom. The van der Waals surface area contributed by atoms with Crippen LogP contribution in [0.15, 0.2) is 22.9 Å². The van der Waals surface area contributed by atoms with E-state index >= 15 is 0 Å². The van der Waals surface area contributed by atoms with E-state index < -0.39 is 0 Å². The molecule has 0 spiro atoms. The number of nitrogens with two attached hydrogens (primary N) is 1. The molecule has 0 aliphatic heterocycles. The second-order valence-electron chi connectivity index (χ2n) is 7.32. The number of hydrogen-bond acceptors (Lipinski definition) is 8. The molecule has 0 aromatic carbocycles. The lowest BCUT2D eigenvalue weighted by Gasteiger charge is -2.19. The van der Waals surface area contributed by atoms with Crippen LogP contribution in [0.2, 0.25) is 0 Å². The van der Waals surface area contributed by atoms with E-state index in [-0.39, 0.29) is 12.0 Å². The molecule has 0 aliphatic rings. The van der Waals surface area contributed by atoms with Crippen molar-refractivity contribution < 1.29 is 4.52 Å². The molecule has 1 atom stereocenters. The summed E-state index contributed by atoms with van der Waals surface area (Å²) in [6.45, 7) is 7.49. The van der Waals surface area contributed by atoms with Crippen molar-refractivity contribution in [2.75, 3.05) is 11.1 Å². The SMILES string of the molecule is Cc1nc(N)nc(NC(C)c2nc3ccn(C)c3cc2-c2c(C)noc2C)c1C#N. The quantitative estimate of drug-likeness (QED) is 0.529. The lowest BCUT2D eigenvalue weighted by atomic mass is 9.98. The molecule has 152 valence electrons. The fourth-order valence-electron chi connectivity index (χ4n) is 3.70. The van der Waals surface area contributed by atoms with Crippen LogP contribution >= 0.6 is 0 Å². The van der Waals surface area contributed by atoms with Crippen molar-refractivity contribution in [1.29, 1.82) is 5.26 Å². The number of aryl methyl sites for hydroxylation is 4. The topological polar surface area (TPSA) is 131 Å². The van der Waals surface area contributed by atoms with Crippen LogP contribution in [-0.4, -0.2) is 24.7 Å². The minimum absolute atomic E-state index is 0.110. The monoisotopic (exact) mass is 402 g/mol. The summed E-state index contributed by atoms with van der Waals surface area (Å²) < 4.78 is 7.43. The number of fused-ring (bicyclic) bond motifs is 1. The van der Waals surface area contributed by atoms with E-state index in [4.69, 9.17) is 15.2 Å². The predicted molar refractivity (Wildman–Crippen MR) is 114 cm³/mol. The van der Waals surface area contributed by atoms with Crippen molar-refractivity contribution in [2.45, 2.75) is 33.7 Å². The van der Waals surface area contributed by atoms with E-state index in [0.29, 0.717) is 17.1 Å². The van der Waals surface area contributed by atoms with Crippen molar-refractivity contribution in [3.63, 3.8) is 0 Å². The van der Waals surface area contributed by atoms with Gasteiger partial charge in [0, 0.05) is 24.4 Å². The van der Waals surface area contributed by atoms with Gasteiger partial charge in [-0.25, -0.2) is 9.97 Å². The van der Waals surface area contributed by atoms with Crippen molar-refractivity contribution >= 4 is 22.8 Å². The Kier molecular flexibility index (Phi) is 4.62. The van der Waals surface area contributed by atoms with Crippen LogP contribution in [0.1, 0.15) is 41.4 Å². The summed E-state index contributed by atoms with van der Waals surface area (Å²) >= 11 is 0. The van der Waals surface area contributed by atoms with Gasteiger partial charge in [0.05, 0.1) is 34.2 Å². The summed E-state index contributed by atoms with van der Waals surface area (Å²) in [6.07, 6.45) is 1.97. The van der Waals surface area contributed by atoms with Gasteiger partial charge < -0.3 is 20.1 Å². The highest BCUT2D eigenvalue weighted by Gasteiger charge is 2.23. The lowest BCUT2D eigenvalue weighted by Crippen LogP contribution is -2.14. The summed E-state index contributed by atoms with van der Waals surface area (Å²) in [7, 11) is 1.98. The van der Waals surface area contributed by atoms with Gasteiger partial charge in [-0.15, -0.1) is 0 Å². The molecule has 3 N–H and O–H groups in total. The number of rotatable bonds is 4. The molecule has 0 fully saturated rings. The Balaban J connectivity index is 1.88. The van der Waals surface area contributed by atoms with Crippen LogP contribution in [0.3, 0.4) is 0 Å². The van der Waals surface area contributed by atoms with Gasteiger partial charge in [-0.1, -0.05) is 5.16 Å². The molecule has 0 bridgehead atoms. The maximum Gasteiger partial charge on any atom is 0.222 e. The molecule has 0 amide bonds. The molecule has 1 unspecified atom stereocenters. The molecule has 30 heavy (non-hydrogen) atoms. The summed E-state index contributed by atoms with van der Waals surface area (Å²) in [5, 5.41) is 17.0. The van der Waals surface area contributed by atoms with E-state index in [1.165, 1.54) is 0 Å². The predicted octanol–water partition coefficient (Wildman–Crippen LogP) is 3.57. The highest BCUT2D eigenvalue weighted by atomic mass is 16.5. The summed E-state index contributed by atoms with van der Waals surface area (Å²) in [6, 6.07) is 5.93. The molecule has 9 nitrogen and oxygen atoms in total. The number of nitrogens with zero attached hydrogens (tertiary/aromatic N) is 6. The van der Waals surface area contributed by atoms with Crippen LogP contribution in [0.5, 0.6) is 0 Å². The zero-order valence-corrected chi connectivity index (χ0v) is 17.5. The van der Waals surface area contributed by atoms with Gasteiger partial charge >= 0.3 is 0 Å². The highest BCUT2D eigenvalue weighted by molar-refractivity contribution is 5.84. The first-order valence-corrected chi connectivity index (χ1v) is 9.50. The first-order chi connectivity index (χ1) is 14.3. The summed E-state index contributed by atoms with van der Waals surface area (Å²) in [4.78, 5) is 13.2. The molecular formula is C21H22N8O. The smallest absolute Gasteiger partial charge is 0.222 e. The largest absolute Gasteiger partial charge is 0.368 e. The number of hydrogen-bond donors (Lipinski definition) is 2. The minimum Gasteiger partial charge on any atom is -0.368 e. The number of aromatic nitrogens is 5. The average Bonchev–Trinajstić information content (AvgIpc) is 3.22. The maximum atomic E-state index is 9.55. The van der Waals surface area contributed by atoms with Crippen LogP contribution < -0.4 is 11.1 Å². The Morgan fingerprint density at radius 2 is 1.97 bits per heavy atom. The molecule has 4 rings (SSSR count). The van der Waals surface area contributed by atoms with E-state index in [9.17, 15) is 5.26 Å². The minimum atomic E-state index is -0.279. The van der Waals surface area contributed by atoms with Crippen LogP contribution in [0.4, 0.5) is 11.8 Å². The molecule has 4 aromatic heterocycles. The maximum absolute atomic E-state index is 9.55. The first-order valence-electron chi connectivity index (χ1n) is 9.50. The van der Waals surface area contributed by atoms with Gasteiger partial charge in [0.2, 0.25) is 5.95 Å². The van der Waals surface area contributed by atoms with E-state index in [1.807, 2.05) is 44.6 Å². The van der Waals surface area contributed by atoms with Crippen molar-refractivity contribution in [3.8, 4) is 17.2 Å². The van der Waals surface area contributed by atoms with Crippen LogP contribution in [0.25, 0.3) is 22.2 Å². The second-order valence-corrected chi connectivity index (χ2v) is 7.32. The van der Waals surface area contributed by atoms with Gasteiger partial charge in [-0.3, -0.25) is 0 Å². The summed E-state index contributed by atoms with van der Waals surface area (Å²) in [5.41, 5.74) is 12.0. The normalized spacial score (nSPS) is 12.1. The number of nitrogens with one attached hydrogen (secondary N) is 1. The number of anilines is 2. The van der Waals surface area contributed by atoms with Gasteiger partial charge in [0.25, 0.3) is 0 Å². The third-order valence-electron chi connectivity index (χ3n) is 5.18. The zero-order valence-electron chi connectivity index (χ0n) is 17.5. The summed E-state index contributed by atoms with van der Waals surface area (Å²) in [5.74, 6) is 1.21. The van der Waals surface area contributed by atoms with Crippen LogP contribution in [-0.2, 0) is 7.05 Å². The Hall–Kier alpha value is -3.93. The first kappa shape index (κ1) is 19.4. The second kappa shape index (κ2) is 7.15. The zero-order chi connectivity index (χ0) is 21.6. The van der Waals surface area contributed by atoms with E-state index in [0.717, 1.165) is 39.3 Å². The van der Waals surface area contributed by atoms with E-state index in [2.05, 4.69) is 32.6 Å². The average molecular weight is 402 g/mol. The highest BCUT2D eigenvalue weighted by Crippen LogP contribution is 2.35. The fourth-order valence-corrected chi connectivity index (χ4v) is 3.70. The molecule has 0 saturated carbocycles. The van der Waals surface area contributed by atoms with Gasteiger partial charge in [0.1, 0.15) is 23.2 Å². The number of nitrogen functional groups attached to an aromatic ring is 1. The molecule has 9 heteroatoms. The molecule has 4 heterocycles. The van der Waals surface area contributed by atoms with E-state index in [1.54, 1.807) is 6.92 Å². The molecule has 0 radical (unpaired) electrons. The molecule has 0 aliphatic carbocycles. The molecule has 0 saturated heterocycles. The van der Waals surface area contributed by atoms with Gasteiger partial charge in [0.15, 0.2) is 0 Å². The lowest BCUT2D eigenvalue weighted by molar-refractivity contribution is 0.393. The number of nitriles is 1. The third-order valence-corrected chi connectivity index (χ3v) is 5.18. The Labute approximate surface area is 173 Å². The molecular weight excluding hydrogens is 380 g/mol. The van der Waals surface area contributed by atoms with Crippen LogP contribution in [0, 0.1) is 32.1 Å². The Bertz CT molecular complexity index is 1290. The number of pyridine rings is 1. The van der Waals surface area contributed by atoms with Crippen molar-refractivity contribution in [3.05, 3.63) is 46.7 Å². The third kappa shape index (κ3) is 3.12. The van der Waals surface area contributed by atoms with Gasteiger partial charge in [-0.05, 0) is 39.8 Å².